The molecule has 0 fully saturated rings. The molecule has 0 bridgehead atoms. The monoisotopic (exact) mass is 1160 g/mol. The predicted octanol–water partition coefficient (Wildman–Crippen LogP) is 13.5. The molecule has 2 N–H and O–H groups in total. The van der Waals surface area contributed by atoms with Gasteiger partial charge in [0.15, 0.2) is 39.7 Å². The Balaban J connectivity index is -0.000000858. The van der Waals surface area contributed by atoms with Crippen molar-refractivity contribution < 1.29 is 38.6 Å². The van der Waals surface area contributed by atoms with Gasteiger partial charge >= 0.3 is 12.0 Å². The van der Waals surface area contributed by atoms with Crippen molar-refractivity contribution in [1.29, 1.82) is 0 Å². The first kappa shape index (κ1) is 74.0. The number of benzene rings is 2. The minimum atomic E-state index is 0. The van der Waals surface area contributed by atoms with E-state index >= 15 is 0 Å². The van der Waals surface area contributed by atoms with Gasteiger partial charge in [0.2, 0.25) is 21.1 Å². The van der Waals surface area contributed by atoms with Crippen molar-refractivity contribution in [2.75, 3.05) is 28.4 Å². The number of aromatic nitrogens is 12. The van der Waals surface area contributed by atoms with Crippen LogP contribution in [0, 0.1) is 34.6 Å². The molecule has 2 aromatic carbocycles. The Morgan fingerprint density at radius 3 is 1.03 bits per heavy atom. The van der Waals surface area contributed by atoms with E-state index in [1.807, 2.05) is 81.4 Å². The van der Waals surface area contributed by atoms with Gasteiger partial charge < -0.3 is 38.6 Å². The molecule has 25 heteroatoms. The maximum absolute atomic E-state index is 8.96. The highest BCUT2D eigenvalue weighted by Gasteiger charge is 2.06. The maximum atomic E-state index is 8.96. The van der Waals surface area contributed by atoms with Crippen molar-refractivity contribution in [3.8, 4) is 46.5 Å². The highest BCUT2D eigenvalue weighted by molar-refractivity contribution is 6.32. The number of nitrogens with zero attached hydrogens (tertiary/aromatic N) is 12. The van der Waals surface area contributed by atoms with Crippen LogP contribution in [0.1, 0.15) is 76.7 Å². The third-order valence-corrected chi connectivity index (χ3v) is 9.54. The van der Waals surface area contributed by atoms with Crippen LogP contribution in [-0.2, 0) is 13.2 Å². The van der Waals surface area contributed by atoms with Gasteiger partial charge in [-0.1, -0.05) is 109 Å². The summed E-state index contributed by atoms with van der Waals surface area (Å²) in [6.07, 6.45) is 8.76. The molecule has 8 rings (SSSR count). The van der Waals surface area contributed by atoms with E-state index in [0.29, 0.717) is 53.6 Å². The topological polar surface area (TPSA) is 251 Å². The fourth-order valence-corrected chi connectivity index (χ4v) is 5.69. The molecule has 8 aromatic rings. The summed E-state index contributed by atoms with van der Waals surface area (Å²) in [6, 6.07) is 20.5. The molecule has 6 aromatic heterocycles. The Bertz CT molecular complexity index is 2840. The van der Waals surface area contributed by atoms with Gasteiger partial charge in [0.25, 0.3) is 0 Å². The van der Waals surface area contributed by atoms with Gasteiger partial charge in [-0.3, -0.25) is 0 Å². The molecule has 0 atom stereocenters. The summed E-state index contributed by atoms with van der Waals surface area (Å²) in [5.74, 6) is 2.57. The first-order chi connectivity index (χ1) is 34.5. The van der Waals surface area contributed by atoms with E-state index in [2.05, 4.69) is 59.8 Å². The lowest BCUT2D eigenvalue weighted by Gasteiger charge is -2.08. The quantitative estimate of drug-likeness (QED) is 0.0953. The molecule has 0 amide bonds. The SMILES string of the molecule is C.C.C.C.C.COc1cnc(Cl)nc1C.COc1cnc(Cl)nc1Cl.COc1ncc(O)c(C)n1.COc1ncc(OCc2ccccc2)c(C)n1.Cc1nc(Cl)ncc1O.Cc1nc(Cl)ncc1OCc1ccccc1. The van der Waals surface area contributed by atoms with Crippen LogP contribution >= 0.6 is 58.0 Å². The number of aryl methyl sites for hydroxylation is 5. The minimum absolute atomic E-state index is 0. The minimum Gasteiger partial charge on any atom is -0.504 e. The fraction of sp³-hybridized carbons (Fsp3) is 0.308. The van der Waals surface area contributed by atoms with Gasteiger partial charge in [0.1, 0.15) is 13.2 Å². The lowest BCUT2D eigenvalue weighted by atomic mass is 10.2. The Kier molecular flexibility index (Phi) is 38.5. The molecule has 0 saturated heterocycles. The van der Waals surface area contributed by atoms with Gasteiger partial charge in [0, 0.05) is 0 Å². The number of ether oxygens (including phenoxy) is 6. The van der Waals surface area contributed by atoms with Crippen LogP contribution in [0.4, 0.5) is 0 Å². The van der Waals surface area contributed by atoms with E-state index in [9.17, 15) is 0 Å². The predicted molar refractivity (Wildman–Crippen MR) is 306 cm³/mol. The van der Waals surface area contributed by atoms with Crippen molar-refractivity contribution in [1.82, 2.24) is 59.8 Å². The lowest BCUT2D eigenvalue weighted by molar-refractivity contribution is 0.297. The van der Waals surface area contributed by atoms with Crippen LogP contribution in [0.25, 0.3) is 0 Å². The van der Waals surface area contributed by atoms with Gasteiger partial charge in [-0.15, -0.1) is 0 Å². The fourth-order valence-electron chi connectivity index (χ4n) is 4.78. The summed E-state index contributed by atoms with van der Waals surface area (Å²) in [6.45, 7) is 9.87. The van der Waals surface area contributed by atoms with E-state index in [-0.39, 0.29) is 80.9 Å². The Hall–Kier alpha value is -7.23. The van der Waals surface area contributed by atoms with Crippen LogP contribution in [-0.4, -0.2) is 98.5 Å². The summed E-state index contributed by atoms with van der Waals surface area (Å²) >= 11 is 27.5. The molecular weight excluding hydrogens is 1100 g/mol. The van der Waals surface area contributed by atoms with E-state index in [4.69, 9.17) is 96.6 Å². The van der Waals surface area contributed by atoms with Crippen LogP contribution in [0.2, 0.25) is 26.3 Å². The lowest BCUT2D eigenvalue weighted by Crippen LogP contribution is -2.00. The van der Waals surface area contributed by atoms with Gasteiger partial charge in [-0.25, -0.2) is 39.9 Å². The normalized spacial score (nSPS) is 9.12. The van der Waals surface area contributed by atoms with Crippen molar-refractivity contribution in [2.45, 2.75) is 85.0 Å². The summed E-state index contributed by atoms with van der Waals surface area (Å²) in [5.41, 5.74) is 5.51. The van der Waals surface area contributed by atoms with Gasteiger partial charge in [0.05, 0.1) is 94.1 Å². The highest BCUT2D eigenvalue weighted by atomic mass is 35.5. The molecule has 6 heterocycles. The smallest absolute Gasteiger partial charge is 0.316 e. The van der Waals surface area contributed by atoms with Crippen molar-refractivity contribution in [3.63, 3.8) is 0 Å². The molecular formula is C52H69Cl5N12O8. The van der Waals surface area contributed by atoms with E-state index in [0.717, 1.165) is 28.2 Å². The molecule has 77 heavy (non-hydrogen) atoms. The first-order valence-electron chi connectivity index (χ1n) is 20.7. The van der Waals surface area contributed by atoms with E-state index < -0.39 is 0 Å². The molecule has 0 aliphatic carbocycles. The third-order valence-electron chi connectivity index (χ3n) is 8.54. The molecule has 20 nitrogen and oxygen atoms in total. The molecule has 0 aliphatic rings. The zero-order valence-electron chi connectivity index (χ0n) is 40.3. The standard InChI is InChI=1S/C13H14N2O2.C12H11ClN2O.C6H7ClN2O.C6H8N2O2.C5H4Cl2N2O.C5H5ClN2O.5CH4/c1-10-12(8-14-13(15-10)16-2)17-9-11-6-4-3-5-7-11;1-9-11(7-14-12(13)15-9)16-8-10-5-3-2-4-6-10;1-4-5(10-2)3-8-6(7)9-4;1-4-5(9)3-7-6(8-4)10-2;1-10-3-2-8-5(7)9-4(3)6;1-3-4(9)2-7-5(6)8-3;;;;;/h3-8H,9H2,1-2H3;2-7H,8H2,1H3;3H,1-2H3;3,9H,1-2H3;2H,1H3;2,9H,1H3;5*1H4. The zero-order valence-corrected chi connectivity index (χ0v) is 44.0. The number of aromatic hydroxyl groups is 2. The van der Waals surface area contributed by atoms with Crippen molar-refractivity contribution in [2.24, 2.45) is 0 Å². The highest BCUT2D eigenvalue weighted by Crippen LogP contribution is 2.22. The van der Waals surface area contributed by atoms with Gasteiger partial charge in [-0.2, -0.15) is 19.9 Å². The number of halogens is 5. The summed E-state index contributed by atoms with van der Waals surface area (Å²) in [7, 11) is 6.07. The molecule has 0 saturated carbocycles. The second-order valence-corrected chi connectivity index (χ2v) is 15.4. The zero-order chi connectivity index (χ0) is 53.0. The summed E-state index contributed by atoms with van der Waals surface area (Å²) < 4.78 is 30.6. The Morgan fingerprint density at radius 2 is 0.675 bits per heavy atom. The second kappa shape index (κ2) is 40.1. The number of rotatable bonds is 10. The van der Waals surface area contributed by atoms with E-state index in [1.54, 1.807) is 46.7 Å². The molecule has 420 valence electrons. The van der Waals surface area contributed by atoms with E-state index in [1.165, 1.54) is 32.8 Å². The van der Waals surface area contributed by atoms with Crippen LogP contribution in [0.15, 0.2) is 97.8 Å². The number of methoxy groups -OCH3 is 4. The van der Waals surface area contributed by atoms with Crippen molar-refractivity contribution >= 4 is 58.0 Å². The molecule has 0 aliphatic heterocycles. The first-order valence-corrected chi connectivity index (χ1v) is 22.6. The van der Waals surface area contributed by atoms with Crippen LogP contribution in [0.5, 0.6) is 46.5 Å². The van der Waals surface area contributed by atoms with Crippen LogP contribution in [0.3, 0.4) is 0 Å². The third kappa shape index (κ3) is 27.9. The summed E-state index contributed by atoms with van der Waals surface area (Å²) in [5, 5.41) is 18.8. The van der Waals surface area contributed by atoms with Crippen LogP contribution < -0.4 is 28.4 Å². The Morgan fingerprint density at radius 1 is 0.364 bits per heavy atom. The Labute approximate surface area is 477 Å². The number of hydrogen-bond donors (Lipinski definition) is 2. The molecule has 0 spiro atoms. The van der Waals surface area contributed by atoms with Crippen molar-refractivity contribution in [3.05, 3.63) is 164 Å². The summed E-state index contributed by atoms with van der Waals surface area (Å²) in [4.78, 5) is 45.7. The second-order valence-electron chi connectivity index (χ2n) is 13.7. The largest absolute Gasteiger partial charge is 0.504 e. The maximum Gasteiger partial charge on any atom is 0.316 e. The average molecular weight is 1170 g/mol. The molecule has 0 unspecified atom stereocenters. The van der Waals surface area contributed by atoms with Gasteiger partial charge in [-0.05, 0) is 92.1 Å². The average Bonchev–Trinajstić information content (AvgIpc) is 3.37. The molecule has 0 radical (unpaired) electrons. The number of hydrogen-bond acceptors (Lipinski definition) is 20.